The van der Waals surface area contributed by atoms with Gasteiger partial charge in [0.25, 0.3) is 0 Å². The lowest BCUT2D eigenvalue weighted by Crippen LogP contribution is -2.19. The molecule has 0 unspecified atom stereocenters. The van der Waals surface area contributed by atoms with Crippen LogP contribution in [0.1, 0.15) is 24.0 Å². The van der Waals surface area contributed by atoms with Crippen molar-refractivity contribution < 1.29 is 5.11 Å². The van der Waals surface area contributed by atoms with Crippen LogP contribution in [0.5, 0.6) is 5.75 Å². The Balaban J connectivity index is 2.26. The quantitative estimate of drug-likeness (QED) is 0.604. The van der Waals surface area contributed by atoms with Crippen LogP contribution in [0.4, 0.5) is 0 Å². The standard InChI is InChI=1S/C10H11NO/c12-8-3-1-2-7-6-11-10(4-5-10)9(7)8/h1-3,11-12H,4-6H2. The molecule has 0 amide bonds. The van der Waals surface area contributed by atoms with Gasteiger partial charge >= 0.3 is 0 Å². The molecule has 62 valence electrons. The first kappa shape index (κ1) is 6.49. The molecule has 2 N–H and O–H groups in total. The van der Waals surface area contributed by atoms with Gasteiger partial charge < -0.3 is 10.4 Å². The Hall–Kier alpha value is -1.02. The molecule has 1 aliphatic carbocycles. The maximum Gasteiger partial charge on any atom is 0.120 e. The van der Waals surface area contributed by atoms with E-state index in [2.05, 4.69) is 11.4 Å². The van der Waals surface area contributed by atoms with Crippen LogP contribution < -0.4 is 5.32 Å². The first-order valence-electron chi connectivity index (χ1n) is 4.38. The fourth-order valence-electron chi connectivity index (χ4n) is 2.19. The van der Waals surface area contributed by atoms with E-state index in [0.717, 1.165) is 12.1 Å². The van der Waals surface area contributed by atoms with Gasteiger partial charge in [0.2, 0.25) is 0 Å². The summed E-state index contributed by atoms with van der Waals surface area (Å²) in [6.07, 6.45) is 2.36. The van der Waals surface area contributed by atoms with Crippen LogP contribution >= 0.6 is 0 Å². The molecule has 1 spiro atoms. The predicted molar refractivity (Wildman–Crippen MR) is 45.9 cm³/mol. The third kappa shape index (κ3) is 0.636. The molecule has 1 aliphatic heterocycles. The van der Waals surface area contributed by atoms with Crippen LogP contribution in [-0.4, -0.2) is 5.11 Å². The molecule has 2 heteroatoms. The van der Waals surface area contributed by atoms with E-state index in [0.29, 0.717) is 5.75 Å². The first-order valence-corrected chi connectivity index (χ1v) is 4.38. The lowest BCUT2D eigenvalue weighted by Gasteiger charge is -2.09. The Kier molecular flexibility index (Phi) is 0.989. The van der Waals surface area contributed by atoms with Crippen LogP contribution in [-0.2, 0) is 12.1 Å². The predicted octanol–water partition coefficient (Wildman–Crippen LogP) is 1.48. The van der Waals surface area contributed by atoms with Crippen molar-refractivity contribution in [2.24, 2.45) is 0 Å². The maximum atomic E-state index is 9.67. The van der Waals surface area contributed by atoms with Gasteiger partial charge in [-0.1, -0.05) is 12.1 Å². The van der Waals surface area contributed by atoms with Gasteiger partial charge in [-0.2, -0.15) is 0 Å². The van der Waals surface area contributed by atoms with Crippen LogP contribution in [0, 0.1) is 0 Å². The molecule has 3 rings (SSSR count). The van der Waals surface area contributed by atoms with Gasteiger partial charge in [-0.05, 0) is 24.5 Å². The summed E-state index contributed by atoms with van der Waals surface area (Å²) in [6, 6.07) is 5.79. The van der Waals surface area contributed by atoms with Crippen molar-refractivity contribution in [3.8, 4) is 5.75 Å². The maximum absolute atomic E-state index is 9.67. The summed E-state index contributed by atoms with van der Waals surface area (Å²) in [6.45, 7) is 0.920. The van der Waals surface area contributed by atoms with Gasteiger partial charge in [-0.15, -0.1) is 0 Å². The van der Waals surface area contributed by atoms with Gasteiger partial charge in [0.1, 0.15) is 5.75 Å². The molecule has 0 atom stereocenters. The van der Waals surface area contributed by atoms with E-state index in [9.17, 15) is 5.11 Å². The second kappa shape index (κ2) is 1.83. The minimum Gasteiger partial charge on any atom is -0.508 e. The van der Waals surface area contributed by atoms with Crippen LogP contribution in [0.3, 0.4) is 0 Å². The fraction of sp³-hybridized carbons (Fsp3) is 0.400. The van der Waals surface area contributed by atoms with Crippen LogP contribution in [0.15, 0.2) is 18.2 Å². The average molecular weight is 161 g/mol. The lowest BCUT2D eigenvalue weighted by molar-refractivity contribution is 0.454. The molecular weight excluding hydrogens is 150 g/mol. The molecule has 12 heavy (non-hydrogen) atoms. The van der Waals surface area contributed by atoms with E-state index >= 15 is 0 Å². The Morgan fingerprint density at radius 2 is 2.17 bits per heavy atom. The zero-order chi connectivity index (χ0) is 8.18. The number of phenolic OH excluding ortho intramolecular Hbond substituents is 1. The topological polar surface area (TPSA) is 32.3 Å². The zero-order valence-electron chi connectivity index (χ0n) is 6.80. The Bertz CT molecular complexity index is 342. The van der Waals surface area contributed by atoms with E-state index in [1.807, 2.05) is 6.07 Å². The molecule has 0 saturated heterocycles. The summed E-state index contributed by atoms with van der Waals surface area (Å²) in [5.41, 5.74) is 2.60. The van der Waals surface area contributed by atoms with Crippen LogP contribution in [0.25, 0.3) is 0 Å². The molecule has 2 nitrogen and oxygen atoms in total. The largest absolute Gasteiger partial charge is 0.508 e. The van der Waals surface area contributed by atoms with E-state index in [1.54, 1.807) is 6.07 Å². The third-order valence-electron chi connectivity index (χ3n) is 2.97. The zero-order valence-corrected chi connectivity index (χ0v) is 6.80. The van der Waals surface area contributed by atoms with E-state index in [1.165, 1.54) is 18.4 Å². The number of hydrogen-bond donors (Lipinski definition) is 2. The highest BCUT2D eigenvalue weighted by molar-refractivity contribution is 5.50. The van der Waals surface area contributed by atoms with Crippen molar-refractivity contribution in [3.05, 3.63) is 29.3 Å². The molecule has 0 radical (unpaired) electrons. The molecule has 0 bridgehead atoms. The molecule has 2 aliphatic rings. The summed E-state index contributed by atoms with van der Waals surface area (Å²) in [5.74, 6) is 0.468. The van der Waals surface area contributed by atoms with Crippen LogP contribution in [0.2, 0.25) is 0 Å². The summed E-state index contributed by atoms with van der Waals surface area (Å²) >= 11 is 0. The number of phenols is 1. The van der Waals surface area contributed by atoms with Crippen molar-refractivity contribution in [1.82, 2.24) is 5.32 Å². The second-order valence-electron chi connectivity index (χ2n) is 3.75. The lowest BCUT2D eigenvalue weighted by atomic mass is 10.0. The number of fused-ring (bicyclic) bond motifs is 2. The first-order chi connectivity index (χ1) is 5.82. The number of nitrogens with one attached hydrogen (secondary N) is 1. The smallest absolute Gasteiger partial charge is 0.120 e. The molecule has 1 aromatic carbocycles. The van der Waals surface area contributed by atoms with E-state index in [-0.39, 0.29) is 5.54 Å². The molecule has 1 heterocycles. The summed E-state index contributed by atoms with van der Waals surface area (Å²) in [5, 5.41) is 13.1. The molecular formula is C10H11NO. The molecule has 0 aromatic heterocycles. The highest BCUT2D eigenvalue weighted by Gasteiger charge is 2.50. The third-order valence-corrected chi connectivity index (χ3v) is 2.97. The van der Waals surface area contributed by atoms with Crippen molar-refractivity contribution in [3.63, 3.8) is 0 Å². The minimum absolute atomic E-state index is 0.167. The second-order valence-corrected chi connectivity index (χ2v) is 3.75. The van der Waals surface area contributed by atoms with E-state index < -0.39 is 0 Å². The fourth-order valence-corrected chi connectivity index (χ4v) is 2.19. The Morgan fingerprint density at radius 3 is 2.92 bits per heavy atom. The average Bonchev–Trinajstić information content (AvgIpc) is 2.71. The SMILES string of the molecule is Oc1cccc2c1C1(CC1)NC2. The minimum atomic E-state index is 0.167. The molecule has 1 saturated carbocycles. The Labute approximate surface area is 71.2 Å². The highest BCUT2D eigenvalue weighted by Crippen LogP contribution is 2.53. The van der Waals surface area contributed by atoms with Gasteiger partial charge in [0.15, 0.2) is 0 Å². The number of aromatic hydroxyl groups is 1. The molecule has 1 aromatic rings. The van der Waals surface area contributed by atoms with Crippen molar-refractivity contribution in [2.75, 3.05) is 0 Å². The van der Waals surface area contributed by atoms with Crippen molar-refractivity contribution >= 4 is 0 Å². The van der Waals surface area contributed by atoms with E-state index in [4.69, 9.17) is 0 Å². The summed E-state index contributed by atoms with van der Waals surface area (Å²) < 4.78 is 0. The van der Waals surface area contributed by atoms with Gasteiger partial charge in [0.05, 0.1) is 0 Å². The van der Waals surface area contributed by atoms with Gasteiger partial charge in [-0.3, -0.25) is 0 Å². The van der Waals surface area contributed by atoms with Crippen molar-refractivity contribution in [1.29, 1.82) is 0 Å². The molecule has 1 fully saturated rings. The highest BCUT2D eigenvalue weighted by atomic mass is 16.3. The van der Waals surface area contributed by atoms with Gasteiger partial charge in [0, 0.05) is 17.6 Å². The number of benzene rings is 1. The van der Waals surface area contributed by atoms with Gasteiger partial charge in [-0.25, -0.2) is 0 Å². The number of rotatable bonds is 0. The number of hydrogen-bond acceptors (Lipinski definition) is 2. The monoisotopic (exact) mass is 161 g/mol. The van der Waals surface area contributed by atoms with Crippen molar-refractivity contribution in [2.45, 2.75) is 24.9 Å². The summed E-state index contributed by atoms with van der Waals surface area (Å²) in [4.78, 5) is 0. The Morgan fingerprint density at radius 1 is 1.33 bits per heavy atom. The normalized spacial score (nSPS) is 22.7. The summed E-state index contributed by atoms with van der Waals surface area (Å²) in [7, 11) is 0.